The number of hydrogen-bond donors (Lipinski definition) is 1. The average Bonchev–Trinajstić information content (AvgIpc) is 3.33. The fraction of sp³-hybridized carbons (Fsp3) is 0.692. The first-order valence-electron chi connectivity index (χ1n) is 13.1. The lowest BCUT2D eigenvalue weighted by molar-refractivity contribution is -0.126. The fourth-order valence-electron chi connectivity index (χ4n) is 5.00. The van der Waals surface area contributed by atoms with Crippen molar-refractivity contribution in [1.29, 1.82) is 0 Å². The number of carbonyl (C=O) groups excluding carboxylic acids is 2. The standard InChI is InChI=1S/C15H17F3N4OS.C11H19NO2/c16-15(17,18)7-11-6-12-13(19-8-20-14(12)24-11)22-4-1-2-10(3-5-22)21-9-23;1-10(2,3)14-9(13)12-7-6-11(8-12)4-5-11/h6,8-10H,1-5,7H2,(H,21,23);4-8H2,1-3H3. The first-order valence-corrected chi connectivity index (χ1v) is 13.9. The Bertz CT molecular complexity index is 1130. The van der Waals surface area contributed by atoms with Gasteiger partial charge in [-0.1, -0.05) is 0 Å². The second-order valence-corrected chi connectivity index (χ2v) is 12.6. The average molecular weight is 556 g/mol. The number of amides is 2. The van der Waals surface area contributed by atoms with Crippen LogP contribution in [-0.2, 0) is 16.0 Å². The number of alkyl halides is 3. The highest BCUT2D eigenvalue weighted by Gasteiger charge is 2.49. The zero-order chi connectivity index (χ0) is 27.6. The topological polar surface area (TPSA) is 87.7 Å². The maximum Gasteiger partial charge on any atom is 0.410 e. The minimum atomic E-state index is -4.23. The number of nitrogens with one attached hydrogen (secondary N) is 1. The molecule has 38 heavy (non-hydrogen) atoms. The van der Waals surface area contributed by atoms with E-state index in [2.05, 4.69) is 20.2 Å². The van der Waals surface area contributed by atoms with Gasteiger partial charge in [-0.05, 0) is 70.8 Å². The van der Waals surface area contributed by atoms with E-state index in [9.17, 15) is 22.8 Å². The van der Waals surface area contributed by atoms with Gasteiger partial charge in [0.05, 0.1) is 11.8 Å². The lowest BCUT2D eigenvalue weighted by atomic mass is 10.1. The van der Waals surface area contributed by atoms with Crippen LogP contribution in [0.5, 0.6) is 0 Å². The van der Waals surface area contributed by atoms with Gasteiger partial charge < -0.3 is 19.9 Å². The SMILES string of the molecule is CC(C)(C)OC(=O)N1CCC2(CC2)C1.O=CNC1CCCN(c2ncnc3sc(CC(F)(F)F)cc23)CC1. The highest BCUT2D eigenvalue weighted by Crippen LogP contribution is 2.52. The van der Waals surface area contributed by atoms with Crippen LogP contribution in [0.25, 0.3) is 10.2 Å². The summed E-state index contributed by atoms with van der Waals surface area (Å²) < 4.78 is 43.2. The van der Waals surface area contributed by atoms with Gasteiger partial charge in [-0.2, -0.15) is 13.2 Å². The van der Waals surface area contributed by atoms with Crippen LogP contribution in [0.2, 0.25) is 0 Å². The van der Waals surface area contributed by atoms with E-state index in [1.807, 2.05) is 25.7 Å². The van der Waals surface area contributed by atoms with Crippen LogP contribution in [0.1, 0.15) is 64.2 Å². The molecule has 2 aromatic heterocycles. The van der Waals surface area contributed by atoms with Crippen molar-refractivity contribution in [3.05, 3.63) is 17.3 Å². The van der Waals surface area contributed by atoms with E-state index in [1.165, 1.54) is 25.6 Å². The number of carbonyl (C=O) groups is 2. The van der Waals surface area contributed by atoms with Gasteiger partial charge in [0.1, 0.15) is 22.6 Å². The zero-order valence-corrected chi connectivity index (χ0v) is 23.0. The minimum absolute atomic E-state index is 0.132. The van der Waals surface area contributed by atoms with Gasteiger partial charge in [0.25, 0.3) is 0 Å². The second-order valence-electron chi connectivity index (χ2n) is 11.5. The van der Waals surface area contributed by atoms with Gasteiger partial charge in [-0.3, -0.25) is 4.79 Å². The molecule has 1 atom stereocenters. The van der Waals surface area contributed by atoms with Gasteiger partial charge in [0.15, 0.2) is 0 Å². The Morgan fingerprint density at radius 1 is 1.18 bits per heavy atom. The lowest BCUT2D eigenvalue weighted by Crippen LogP contribution is -2.35. The molecule has 3 fully saturated rings. The molecular weight excluding hydrogens is 519 g/mol. The second kappa shape index (κ2) is 11.2. The Morgan fingerprint density at radius 2 is 1.95 bits per heavy atom. The fourth-order valence-corrected chi connectivity index (χ4v) is 6.02. The van der Waals surface area contributed by atoms with Crippen molar-refractivity contribution in [3.8, 4) is 0 Å². The Balaban J connectivity index is 0.000000204. The summed E-state index contributed by atoms with van der Waals surface area (Å²) in [6, 6.07) is 1.68. The Kier molecular flexibility index (Phi) is 8.39. The van der Waals surface area contributed by atoms with E-state index >= 15 is 0 Å². The molecule has 0 bridgehead atoms. The van der Waals surface area contributed by atoms with Gasteiger partial charge in [0.2, 0.25) is 6.41 Å². The van der Waals surface area contributed by atoms with Crippen molar-refractivity contribution in [2.45, 2.75) is 83.5 Å². The third kappa shape index (κ3) is 7.70. The molecule has 3 aliphatic rings. The van der Waals surface area contributed by atoms with Crippen molar-refractivity contribution in [3.63, 3.8) is 0 Å². The van der Waals surface area contributed by atoms with Crippen LogP contribution in [0.15, 0.2) is 12.4 Å². The maximum atomic E-state index is 12.6. The van der Waals surface area contributed by atoms with Crippen molar-refractivity contribution in [2.24, 2.45) is 5.41 Å². The molecule has 8 nitrogen and oxygen atoms in total. The molecule has 0 radical (unpaired) electrons. The summed E-state index contributed by atoms with van der Waals surface area (Å²) in [6.07, 6.45) is 3.12. The first-order chi connectivity index (χ1) is 17.9. The zero-order valence-electron chi connectivity index (χ0n) is 22.1. The van der Waals surface area contributed by atoms with Gasteiger partial charge in [-0.15, -0.1) is 11.3 Å². The minimum Gasteiger partial charge on any atom is -0.444 e. The van der Waals surface area contributed by atoms with Gasteiger partial charge in [0, 0.05) is 37.1 Å². The molecule has 12 heteroatoms. The number of halogens is 3. The number of anilines is 1. The largest absolute Gasteiger partial charge is 0.444 e. The summed E-state index contributed by atoms with van der Waals surface area (Å²) in [5, 5.41) is 3.47. The number of fused-ring (bicyclic) bond motifs is 1. The smallest absolute Gasteiger partial charge is 0.410 e. The Labute approximate surface area is 224 Å². The van der Waals surface area contributed by atoms with E-state index in [-0.39, 0.29) is 22.6 Å². The van der Waals surface area contributed by atoms with Crippen LogP contribution < -0.4 is 10.2 Å². The summed E-state index contributed by atoms with van der Waals surface area (Å²) in [7, 11) is 0. The predicted molar refractivity (Wildman–Crippen MR) is 140 cm³/mol. The predicted octanol–water partition coefficient (Wildman–Crippen LogP) is 5.31. The number of nitrogens with zero attached hydrogens (tertiary/aromatic N) is 4. The summed E-state index contributed by atoms with van der Waals surface area (Å²) in [4.78, 5) is 35.4. The molecule has 5 rings (SSSR count). The summed E-state index contributed by atoms with van der Waals surface area (Å²) >= 11 is 1.06. The van der Waals surface area contributed by atoms with Crippen molar-refractivity contribution in [2.75, 3.05) is 31.1 Å². The lowest BCUT2D eigenvalue weighted by Gasteiger charge is -2.24. The first kappa shape index (κ1) is 28.4. The van der Waals surface area contributed by atoms with Crippen LogP contribution in [0.3, 0.4) is 0 Å². The van der Waals surface area contributed by atoms with Crippen molar-refractivity contribution in [1.82, 2.24) is 20.2 Å². The molecule has 210 valence electrons. The quantitative estimate of drug-likeness (QED) is 0.515. The van der Waals surface area contributed by atoms with Crippen LogP contribution in [0.4, 0.5) is 23.8 Å². The summed E-state index contributed by atoms with van der Waals surface area (Å²) in [5.41, 5.74) is 0.132. The molecule has 1 spiro atoms. The molecule has 1 N–H and O–H groups in total. The molecule has 0 aromatic carbocycles. The van der Waals surface area contributed by atoms with Crippen LogP contribution in [-0.4, -0.2) is 71.4 Å². The summed E-state index contributed by atoms with van der Waals surface area (Å²) in [6.45, 7) is 8.99. The molecule has 2 amide bonds. The maximum absolute atomic E-state index is 12.6. The van der Waals surface area contributed by atoms with E-state index in [0.717, 1.165) is 50.2 Å². The molecule has 1 unspecified atom stereocenters. The number of thiophene rings is 1. The Hall–Kier alpha value is -2.63. The van der Waals surface area contributed by atoms with Gasteiger partial charge >= 0.3 is 12.3 Å². The normalized spacial score (nSPS) is 21.1. The summed E-state index contributed by atoms with van der Waals surface area (Å²) in [5.74, 6) is 0.677. The molecule has 2 aliphatic heterocycles. The molecule has 2 saturated heterocycles. The van der Waals surface area contributed by atoms with E-state index in [0.29, 0.717) is 34.4 Å². The van der Waals surface area contributed by atoms with Crippen molar-refractivity contribution >= 4 is 39.9 Å². The van der Waals surface area contributed by atoms with E-state index < -0.39 is 12.6 Å². The number of rotatable bonds is 4. The van der Waals surface area contributed by atoms with E-state index in [4.69, 9.17) is 4.74 Å². The number of likely N-dealkylation sites (tertiary alicyclic amines) is 1. The molecule has 4 heterocycles. The molecular formula is C26H36F3N5O3S. The van der Waals surface area contributed by atoms with Crippen molar-refractivity contribution < 1.29 is 27.5 Å². The van der Waals surface area contributed by atoms with Crippen LogP contribution in [0, 0.1) is 5.41 Å². The number of ether oxygens (including phenoxy) is 1. The third-order valence-corrected chi connectivity index (χ3v) is 8.16. The van der Waals surface area contributed by atoms with Gasteiger partial charge in [-0.25, -0.2) is 14.8 Å². The monoisotopic (exact) mass is 555 g/mol. The molecule has 2 aromatic rings. The highest BCUT2D eigenvalue weighted by atomic mass is 32.1. The number of aromatic nitrogens is 2. The molecule has 1 saturated carbocycles. The van der Waals surface area contributed by atoms with E-state index in [1.54, 1.807) is 6.07 Å². The van der Waals surface area contributed by atoms with Crippen LogP contribution >= 0.6 is 11.3 Å². The Morgan fingerprint density at radius 3 is 2.58 bits per heavy atom. The number of hydrogen-bond acceptors (Lipinski definition) is 7. The third-order valence-electron chi connectivity index (χ3n) is 7.11. The molecule has 1 aliphatic carbocycles. The highest BCUT2D eigenvalue weighted by molar-refractivity contribution is 7.18.